The number of nitrogens with one attached hydrogen (secondary N) is 1. The van der Waals surface area contributed by atoms with Gasteiger partial charge in [0.25, 0.3) is 0 Å². The van der Waals surface area contributed by atoms with Gasteiger partial charge in [0.2, 0.25) is 5.91 Å². The van der Waals surface area contributed by atoms with E-state index in [1.54, 1.807) is 0 Å². The predicted molar refractivity (Wildman–Crippen MR) is 93.7 cm³/mol. The summed E-state index contributed by atoms with van der Waals surface area (Å²) in [4.78, 5) is 32.6. The molecule has 24 heavy (non-hydrogen) atoms. The maximum Gasteiger partial charge on any atom is 0.318 e. The number of urea groups is 1. The lowest BCUT2D eigenvalue weighted by Crippen LogP contribution is -2.42. The molecule has 0 bridgehead atoms. The number of primary amides is 1. The molecule has 1 saturated carbocycles. The van der Waals surface area contributed by atoms with Gasteiger partial charge in [-0.1, -0.05) is 43.8 Å². The van der Waals surface area contributed by atoms with Crippen LogP contribution in [0.4, 0.5) is 4.79 Å². The van der Waals surface area contributed by atoms with Gasteiger partial charge in [0, 0.05) is 11.3 Å². The van der Waals surface area contributed by atoms with Crippen molar-refractivity contribution in [3.8, 4) is 0 Å². The molecule has 0 spiro atoms. The zero-order chi connectivity index (χ0) is 17.3. The van der Waals surface area contributed by atoms with Crippen molar-refractivity contribution in [1.82, 2.24) is 15.3 Å². The topological polar surface area (TPSA) is 98.0 Å². The third kappa shape index (κ3) is 3.67. The van der Waals surface area contributed by atoms with E-state index in [4.69, 9.17) is 10.7 Å². The van der Waals surface area contributed by atoms with Gasteiger partial charge in [-0.15, -0.1) is 0 Å². The van der Waals surface area contributed by atoms with E-state index < -0.39 is 17.2 Å². The monoisotopic (exact) mass is 344 g/mol. The first kappa shape index (κ1) is 16.7. The van der Waals surface area contributed by atoms with Crippen LogP contribution in [0.1, 0.15) is 38.4 Å². The van der Waals surface area contributed by atoms with Gasteiger partial charge < -0.3 is 5.73 Å². The average molecular weight is 344 g/mol. The first-order valence-corrected chi connectivity index (χ1v) is 8.87. The fraction of sp³-hybridized carbons (Fsp3) is 0.412. The Bertz CT molecular complexity index is 789. The highest BCUT2D eigenvalue weighted by Crippen LogP contribution is 2.40. The Kier molecular flexibility index (Phi) is 4.71. The van der Waals surface area contributed by atoms with E-state index in [0.29, 0.717) is 5.92 Å². The summed E-state index contributed by atoms with van der Waals surface area (Å²) in [5, 5.41) is 3.42. The minimum atomic E-state index is -0.836. The van der Waals surface area contributed by atoms with Crippen molar-refractivity contribution < 1.29 is 9.59 Å². The number of rotatable bonds is 5. The number of hydrogen-bond donors (Lipinski definition) is 2. The lowest BCUT2D eigenvalue weighted by atomic mass is 10.1. The van der Waals surface area contributed by atoms with Crippen LogP contribution in [-0.4, -0.2) is 27.2 Å². The average Bonchev–Trinajstić information content (AvgIpc) is 3.35. The van der Waals surface area contributed by atoms with E-state index in [1.807, 2.05) is 38.1 Å². The second kappa shape index (κ2) is 6.76. The van der Waals surface area contributed by atoms with Crippen molar-refractivity contribution >= 4 is 34.6 Å². The number of thioether (sulfide) groups is 1. The van der Waals surface area contributed by atoms with Crippen LogP contribution >= 0.6 is 11.8 Å². The lowest BCUT2D eigenvalue weighted by molar-refractivity contribution is -0.120. The summed E-state index contributed by atoms with van der Waals surface area (Å²) < 4.78 is 0. The molecular formula is C17H20N4O2S. The standard InChI is InChI=1S/C17H20N4O2S/c1-9(2)13(15(22)21-17(18)23)24-16-11-5-3-4-6-12(11)19-14(20-16)10-7-8-10/h3-6,9-10,13H,7-8H2,1-2H3,(H3,18,21,22,23)/t13-/m1/s1. The largest absolute Gasteiger partial charge is 0.351 e. The van der Waals surface area contributed by atoms with Crippen molar-refractivity contribution in [1.29, 1.82) is 0 Å². The number of carbonyl (C=O) groups excluding carboxylic acids is 2. The van der Waals surface area contributed by atoms with Gasteiger partial charge in [-0.25, -0.2) is 14.8 Å². The third-order valence-corrected chi connectivity index (χ3v) is 5.42. The Morgan fingerprint density at radius 1 is 1.25 bits per heavy atom. The number of hydrogen-bond acceptors (Lipinski definition) is 5. The number of amides is 3. The molecule has 1 aliphatic carbocycles. The van der Waals surface area contributed by atoms with E-state index >= 15 is 0 Å². The Labute approximate surface area is 144 Å². The Morgan fingerprint density at radius 2 is 1.96 bits per heavy atom. The van der Waals surface area contributed by atoms with Gasteiger partial charge >= 0.3 is 6.03 Å². The van der Waals surface area contributed by atoms with E-state index in [-0.39, 0.29) is 5.92 Å². The van der Waals surface area contributed by atoms with E-state index in [9.17, 15) is 9.59 Å². The minimum Gasteiger partial charge on any atom is -0.351 e. The number of para-hydroxylation sites is 1. The SMILES string of the molecule is CC(C)[C@@H](Sc1nc(C2CC2)nc2ccccc12)C(=O)NC(N)=O. The molecule has 3 rings (SSSR count). The summed E-state index contributed by atoms with van der Waals surface area (Å²) in [6, 6.07) is 6.96. The second-order valence-electron chi connectivity index (χ2n) is 6.31. The van der Waals surface area contributed by atoms with Gasteiger partial charge in [-0.3, -0.25) is 10.1 Å². The smallest absolute Gasteiger partial charge is 0.318 e. The van der Waals surface area contributed by atoms with Crippen molar-refractivity contribution in [3.63, 3.8) is 0 Å². The molecule has 0 saturated heterocycles. The van der Waals surface area contributed by atoms with Crippen LogP contribution in [0, 0.1) is 5.92 Å². The number of aromatic nitrogens is 2. The number of carbonyl (C=O) groups is 2. The molecule has 0 radical (unpaired) electrons. The number of imide groups is 1. The number of fused-ring (bicyclic) bond motifs is 1. The normalized spacial score (nSPS) is 15.5. The van der Waals surface area contributed by atoms with Crippen molar-refractivity contribution in [2.24, 2.45) is 11.7 Å². The Balaban J connectivity index is 1.97. The van der Waals surface area contributed by atoms with Crippen molar-refractivity contribution in [2.75, 3.05) is 0 Å². The highest BCUT2D eigenvalue weighted by Gasteiger charge is 2.30. The number of nitrogens with zero attached hydrogens (tertiary/aromatic N) is 2. The highest BCUT2D eigenvalue weighted by atomic mass is 32.2. The minimum absolute atomic E-state index is 0.0208. The van der Waals surface area contributed by atoms with Gasteiger partial charge in [0.05, 0.1) is 10.8 Å². The van der Waals surface area contributed by atoms with Crippen LogP contribution in [0.3, 0.4) is 0 Å². The van der Waals surface area contributed by atoms with Crippen molar-refractivity contribution in [3.05, 3.63) is 30.1 Å². The second-order valence-corrected chi connectivity index (χ2v) is 7.44. The van der Waals surface area contributed by atoms with Crippen LogP contribution in [0.2, 0.25) is 0 Å². The maximum atomic E-state index is 12.3. The number of nitrogens with two attached hydrogens (primary N) is 1. The van der Waals surface area contributed by atoms with Gasteiger partial charge in [-0.05, 0) is 24.8 Å². The summed E-state index contributed by atoms with van der Waals surface area (Å²) in [6.45, 7) is 3.87. The van der Waals surface area contributed by atoms with Crippen LogP contribution in [0.25, 0.3) is 10.9 Å². The first-order chi connectivity index (χ1) is 11.5. The van der Waals surface area contributed by atoms with E-state index in [0.717, 1.165) is 34.6 Å². The molecule has 0 aliphatic heterocycles. The molecule has 126 valence electrons. The van der Waals surface area contributed by atoms with Gasteiger partial charge in [-0.2, -0.15) is 0 Å². The molecule has 1 heterocycles. The predicted octanol–water partition coefficient (Wildman–Crippen LogP) is 2.82. The Hall–Kier alpha value is -2.15. The summed E-state index contributed by atoms with van der Waals surface area (Å²) in [5.41, 5.74) is 5.97. The summed E-state index contributed by atoms with van der Waals surface area (Å²) >= 11 is 1.36. The maximum absolute atomic E-state index is 12.3. The molecular weight excluding hydrogens is 324 g/mol. The van der Waals surface area contributed by atoms with Gasteiger partial charge in [0.15, 0.2) is 0 Å². The molecule has 0 unspecified atom stereocenters. The molecule has 1 aliphatic rings. The summed E-state index contributed by atoms with van der Waals surface area (Å²) in [7, 11) is 0. The quantitative estimate of drug-likeness (QED) is 0.642. The van der Waals surface area contributed by atoms with Crippen molar-refractivity contribution in [2.45, 2.75) is 42.9 Å². The molecule has 2 aromatic rings. The molecule has 3 N–H and O–H groups in total. The van der Waals surface area contributed by atoms with E-state index in [1.165, 1.54) is 11.8 Å². The zero-order valence-corrected chi connectivity index (χ0v) is 14.5. The molecule has 1 aromatic heterocycles. The van der Waals surface area contributed by atoms with Crippen LogP contribution in [-0.2, 0) is 4.79 Å². The van der Waals surface area contributed by atoms with Crippen LogP contribution in [0.5, 0.6) is 0 Å². The molecule has 3 amide bonds. The summed E-state index contributed by atoms with van der Waals surface area (Å²) in [6.07, 6.45) is 2.22. The van der Waals surface area contributed by atoms with E-state index in [2.05, 4.69) is 10.3 Å². The fourth-order valence-electron chi connectivity index (χ4n) is 2.48. The fourth-order valence-corrected chi connectivity index (χ4v) is 3.61. The molecule has 6 nitrogen and oxygen atoms in total. The zero-order valence-electron chi connectivity index (χ0n) is 13.7. The number of benzene rings is 1. The Morgan fingerprint density at radius 3 is 2.58 bits per heavy atom. The van der Waals surface area contributed by atoms with Gasteiger partial charge in [0.1, 0.15) is 10.9 Å². The molecule has 1 aromatic carbocycles. The summed E-state index contributed by atoms with van der Waals surface area (Å²) in [5.74, 6) is 0.894. The van der Waals surface area contributed by atoms with Crippen LogP contribution < -0.4 is 11.1 Å². The molecule has 1 fully saturated rings. The third-order valence-electron chi connectivity index (χ3n) is 3.88. The first-order valence-electron chi connectivity index (χ1n) is 7.99. The molecule has 1 atom stereocenters. The highest BCUT2D eigenvalue weighted by molar-refractivity contribution is 8.00. The molecule has 7 heteroatoms. The lowest BCUT2D eigenvalue weighted by Gasteiger charge is -2.19. The van der Waals surface area contributed by atoms with Crippen LogP contribution in [0.15, 0.2) is 29.3 Å².